The van der Waals surface area contributed by atoms with E-state index in [-0.39, 0.29) is 0 Å². The normalized spacial score (nSPS) is 14.1. The molecule has 0 bridgehead atoms. The van der Waals surface area contributed by atoms with Crippen molar-refractivity contribution in [3.8, 4) is 11.1 Å². The Labute approximate surface area is 247 Å². The average Bonchev–Trinajstić information content (AvgIpc) is 3.33. The van der Waals surface area contributed by atoms with E-state index in [9.17, 15) is 0 Å². The van der Waals surface area contributed by atoms with Crippen molar-refractivity contribution in [1.29, 1.82) is 0 Å². The lowest BCUT2D eigenvalue weighted by molar-refractivity contribution is 0.753. The van der Waals surface area contributed by atoms with Gasteiger partial charge >= 0.3 is 0 Å². The van der Waals surface area contributed by atoms with E-state index in [0.29, 0.717) is 0 Å². The second-order valence-corrected chi connectivity index (χ2v) is 11.8. The number of halogens is 1. The molecule has 0 unspecified atom stereocenters. The SMILES string of the molecule is Brc1cc2c(c3ccccc13)-c1c(ccc3ccccc13)C21c2ccccc2N(c2ccccc2)c2ccccc21. The zero-order valence-electron chi connectivity index (χ0n) is 22.2. The Bertz CT molecular complexity index is 2130. The summed E-state index contributed by atoms with van der Waals surface area (Å²) in [5.74, 6) is 0. The molecule has 0 amide bonds. The Morgan fingerprint density at radius 3 is 1.73 bits per heavy atom. The largest absolute Gasteiger partial charge is 0.310 e. The molecule has 0 N–H and O–H groups in total. The van der Waals surface area contributed by atoms with Crippen LogP contribution in [0.25, 0.3) is 32.7 Å². The van der Waals surface area contributed by atoms with Gasteiger partial charge < -0.3 is 4.90 Å². The second kappa shape index (κ2) is 8.42. The molecule has 7 aromatic rings. The molecule has 0 saturated heterocycles. The van der Waals surface area contributed by atoms with Gasteiger partial charge in [-0.15, -0.1) is 0 Å². The Kier molecular flexibility index (Phi) is 4.74. The maximum Gasteiger partial charge on any atom is 0.0755 e. The molecule has 41 heavy (non-hydrogen) atoms. The lowest BCUT2D eigenvalue weighted by atomic mass is 9.64. The number of hydrogen-bond acceptors (Lipinski definition) is 1. The number of fused-ring (bicyclic) bond motifs is 13. The number of benzene rings is 7. The molecule has 2 heteroatoms. The Hall–Kier alpha value is -4.66. The van der Waals surface area contributed by atoms with E-state index in [1.807, 2.05) is 0 Å². The minimum absolute atomic E-state index is 0.473. The van der Waals surface area contributed by atoms with Gasteiger partial charge in [-0.05, 0) is 85.3 Å². The van der Waals surface area contributed by atoms with E-state index in [4.69, 9.17) is 0 Å². The molecule has 1 nitrogen and oxygen atoms in total. The fourth-order valence-electron chi connectivity index (χ4n) is 7.58. The van der Waals surface area contributed by atoms with E-state index in [2.05, 4.69) is 166 Å². The smallest absolute Gasteiger partial charge is 0.0755 e. The first kappa shape index (κ1) is 23.1. The summed E-state index contributed by atoms with van der Waals surface area (Å²) < 4.78 is 1.13. The van der Waals surface area contributed by atoms with Crippen LogP contribution in [0.4, 0.5) is 17.1 Å². The summed E-state index contributed by atoms with van der Waals surface area (Å²) in [6.45, 7) is 0. The van der Waals surface area contributed by atoms with E-state index >= 15 is 0 Å². The van der Waals surface area contributed by atoms with Crippen LogP contribution in [0.5, 0.6) is 0 Å². The van der Waals surface area contributed by atoms with Crippen LogP contribution in [0.1, 0.15) is 22.3 Å². The summed E-state index contributed by atoms with van der Waals surface area (Å²) in [7, 11) is 0. The summed E-state index contributed by atoms with van der Waals surface area (Å²) >= 11 is 4.01. The summed E-state index contributed by atoms with van der Waals surface area (Å²) in [5, 5.41) is 5.10. The molecule has 9 rings (SSSR count). The van der Waals surface area contributed by atoms with Crippen LogP contribution in [0.2, 0.25) is 0 Å². The van der Waals surface area contributed by atoms with E-state index in [0.717, 1.165) is 4.47 Å². The van der Waals surface area contributed by atoms with Crippen molar-refractivity contribution in [1.82, 2.24) is 0 Å². The van der Waals surface area contributed by atoms with E-state index in [1.54, 1.807) is 0 Å². The maximum absolute atomic E-state index is 4.01. The van der Waals surface area contributed by atoms with Crippen LogP contribution < -0.4 is 4.90 Å². The Morgan fingerprint density at radius 1 is 0.439 bits per heavy atom. The van der Waals surface area contributed by atoms with E-state index < -0.39 is 5.41 Å². The van der Waals surface area contributed by atoms with Crippen LogP contribution in [-0.4, -0.2) is 0 Å². The third-order valence-corrected chi connectivity index (χ3v) is 9.75. The molecule has 192 valence electrons. The molecule has 7 aromatic carbocycles. The number of rotatable bonds is 1. The summed E-state index contributed by atoms with van der Waals surface area (Å²) in [5.41, 5.74) is 11.1. The zero-order chi connectivity index (χ0) is 27.1. The van der Waals surface area contributed by atoms with Gasteiger partial charge in [0.1, 0.15) is 0 Å². The predicted octanol–water partition coefficient (Wildman–Crippen LogP) is 10.9. The highest BCUT2D eigenvalue weighted by Gasteiger charge is 2.52. The number of nitrogens with zero attached hydrogens (tertiary/aromatic N) is 1. The standard InChI is InChI=1S/C39H24BrN/c40-34-24-33-38(29-17-7-6-16-28(29)34)37-27-15-5-4-12-25(27)22-23-32(37)39(33)30-18-8-10-20-35(30)41(26-13-2-1-3-14-26)36-21-11-9-19-31(36)39/h1-24H. The van der Waals surface area contributed by atoms with Crippen LogP contribution in [-0.2, 0) is 5.41 Å². The lowest BCUT2D eigenvalue weighted by Gasteiger charge is -2.45. The first-order valence-corrected chi connectivity index (χ1v) is 14.9. The maximum atomic E-state index is 4.01. The van der Waals surface area contributed by atoms with Crippen LogP contribution >= 0.6 is 15.9 Å². The highest BCUT2D eigenvalue weighted by Crippen LogP contribution is 2.65. The van der Waals surface area contributed by atoms with Crippen molar-refractivity contribution in [2.24, 2.45) is 0 Å². The second-order valence-electron chi connectivity index (χ2n) is 11.0. The van der Waals surface area contributed by atoms with Gasteiger partial charge in [0.25, 0.3) is 0 Å². The molecular formula is C39H24BrN. The minimum Gasteiger partial charge on any atom is -0.310 e. The van der Waals surface area contributed by atoms with Gasteiger partial charge in [0.2, 0.25) is 0 Å². The van der Waals surface area contributed by atoms with Crippen molar-refractivity contribution in [2.75, 3.05) is 4.90 Å². The van der Waals surface area contributed by atoms with Crippen LogP contribution in [0.3, 0.4) is 0 Å². The third kappa shape index (κ3) is 2.90. The van der Waals surface area contributed by atoms with Gasteiger partial charge in [-0.3, -0.25) is 0 Å². The van der Waals surface area contributed by atoms with Gasteiger partial charge in [0, 0.05) is 10.2 Å². The minimum atomic E-state index is -0.473. The molecule has 1 spiro atoms. The van der Waals surface area contributed by atoms with Gasteiger partial charge in [-0.2, -0.15) is 0 Å². The first-order valence-electron chi connectivity index (χ1n) is 14.1. The number of para-hydroxylation sites is 3. The third-order valence-electron chi connectivity index (χ3n) is 9.09. The number of anilines is 3. The number of hydrogen-bond donors (Lipinski definition) is 0. The first-order chi connectivity index (χ1) is 20.3. The molecule has 1 heterocycles. The zero-order valence-corrected chi connectivity index (χ0v) is 23.8. The molecule has 0 fully saturated rings. The van der Waals surface area contributed by atoms with Gasteiger partial charge in [0.05, 0.1) is 16.8 Å². The van der Waals surface area contributed by atoms with Crippen LogP contribution in [0.15, 0.2) is 150 Å². The van der Waals surface area contributed by atoms with Crippen molar-refractivity contribution in [3.05, 3.63) is 172 Å². The molecule has 0 aromatic heterocycles. The summed E-state index contributed by atoms with van der Waals surface area (Å²) in [6.07, 6.45) is 0. The fourth-order valence-corrected chi connectivity index (χ4v) is 8.15. The fraction of sp³-hybridized carbons (Fsp3) is 0.0256. The average molecular weight is 587 g/mol. The van der Waals surface area contributed by atoms with Gasteiger partial charge in [0.15, 0.2) is 0 Å². The summed E-state index contributed by atoms with van der Waals surface area (Å²) in [4.78, 5) is 2.44. The Balaban J connectivity index is 1.53. The molecular weight excluding hydrogens is 562 g/mol. The highest BCUT2D eigenvalue weighted by atomic mass is 79.9. The topological polar surface area (TPSA) is 3.24 Å². The quantitative estimate of drug-likeness (QED) is 0.185. The lowest BCUT2D eigenvalue weighted by Crippen LogP contribution is -2.36. The van der Waals surface area contributed by atoms with Crippen molar-refractivity contribution >= 4 is 54.5 Å². The monoisotopic (exact) mass is 585 g/mol. The van der Waals surface area contributed by atoms with Gasteiger partial charge in [-0.1, -0.05) is 131 Å². The Morgan fingerprint density at radius 2 is 1.00 bits per heavy atom. The predicted molar refractivity (Wildman–Crippen MR) is 175 cm³/mol. The van der Waals surface area contributed by atoms with Crippen molar-refractivity contribution in [3.63, 3.8) is 0 Å². The molecule has 0 atom stereocenters. The molecule has 0 radical (unpaired) electrons. The van der Waals surface area contributed by atoms with Gasteiger partial charge in [-0.25, -0.2) is 0 Å². The highest BCUT2D eigenvalue weighted by molar-refractivity contribution is 9.10. The molecule has 2 aliphatic rings. The van der Waals surface area contributed by atoms with Crippen molar-refractivity contribution in [2.45, 2.75) is 5.41 Å². The molecule has 1 aliphatic heterocycles. The molecule has 1 aliphatic carbocycles. The van der Waals surface area contributed by atoms with Crippen molar-refractivity contribution < 1.29 is 0 Å². The molecule has 0 saturated carbocycles. The summed E-state index contributed by atoms with van der Waals surface area (Å²) in [6, 6.07) is 53.6. The van der Waals surface area contributed by atoms with Crippen LogP contribution in [0, 0.1) is 0 Å². The van der Waals surface area contributed by atoms with E-state index in [1.165, 1.54) is 72.0 Å².